The monoisotopic (exact) mass is 172 g/mol. The molecule has 0 bridgehead atoms. The van der Waals surface area contributed by atoms with Crippen molar-refractivity contribution in [3.05, 3.63) is 12.2 Å². The van der Waals surface area contributed by atoms with Gasteiger partial charge >= 0.3 is 11.9 Å². The first-order valence-corrected chi connectivity index (χ1v) is 3.19. The number of rotatable bonds is 5. The molecule has 0 saturated heterocycles. The average Bonchev–Trinajstić information content (AvgIpc) is 1.97. The Labute approximate surface area is 68.3 Å². The third-order valence-electron chi connectivity index (χ3n) is 1.00. The first-order chi connectivity index (χ1) is 5.54. The number of carbonyl (C=O) groups is 3. The van der Waals surface area contributed by atoms with E-state index >= 15 is 0 Å². The molecule has 0 saturated carbocycles. The Hall–Kier alpha value is -1.65. The van der Waals surface area contributed by atoms with E-state index in [-0.39, 0.29) is 12.8 Å². The van der Waals surface area contributed by atoms with E-state index in [1.54, 1.807) is 0 Å². The van der Waals surface area contributed by atoms with E-state index in [4.69, 9.17) is 10.2 Å². The molecule has 12 heavy (non-hydrogen) atoms. The molecule has 0 aliphatic carbocycles. The Bertz CT molecular complexity index is 228. The molecule has 0 unspecified atom stereocenters. The highest BCUT2D eigenvalue weighted by atomic mass is 16.4. The second-order valence-corrected chi connectivity index (χ2v) is 2.00. The molecule has 66 valence electrons. The Kier molecular flexibility index (Phi) is 4.36. The fourth-order valence-corrected chi connectivity index (χ4v) is 0.468. The van der Waals surface area contributed by atoms with Gasteiger partial charge in [0.1, 0.15) is 0 Å². The van der Waals surface area contributed by atoms with Crippen molar-refractivity contribution in [3.8, 4) is 0 Å². The van der Waals surface area contributed by atoms with Crippen LogP contribution in [0.3, 0.4) is 0 Å². The van der Waals surface area contributed by atoms with E-state index in [9.17, 15) is 14.4 Å². The van der Waals surface area contributed by atoms with Crippen LogP contribution >= 0.6 is 0 Å². The molecule has 0 aromatic carbocycles. The Balaban J connectivity index is 3.70. The summed E-state index contributed by atoms with van der Waals surface area (Å²) in [4.78, 5) is 30.2. The number of aliphatic carboxylic acids is 2. The van der Waals surface area contributed by atoms with Crippen molar-refractivity contribution in [1.82, 2.24) is 0 Å². The first kappa shape index (κ1) is 10.3. The number of hydrogen-bond acceptors (Lipinski definition) is 3. The first-order valence-electron chi connectivity index (χ1n) is 3.19. The van der Waals surface area contributed by atoms with Gasteiger partial charge in [0, 0.05) is 6.42 Å². The highest BCUT2D eigenvalue weighted by Gasteiger charge is 2.04. The molecule has 0 fully saturated rings. The topological polar surface area (TPSA) is 91.7 Å². The molecule has 0 rings (SSSR count). The predicted octanol–water partition coefficient (Wildman–Crippen LogP) is 0.0611. The molecule has 0 aromatic rings. The van der Waals surface area contributed by atoms with Crippen LogP contribution in [0.4, 0.5) is 0 Å². The maximum Gasteiger partial charge on any atom is 0.376 e. The molecular formula is C7H8O5. The van der Waals surface area contributed by atoms with Crippen LogP contribution in [0, 0.1) is 0 Å². The normalized spacial score (nSPS) is 10.0. The van der Waals surface area contributed by atoms with Crippen LogP contribution in [-0.4, -0.2) is 27.9 Å². The van der Waals surface area contributed by atoms with Crippen LogP contribution < -0.4 is 0 Å². The lowest BCUT2D eigenvalue weighted by Gasteiger charge is -1.86. The summed E-state index contributed by atoms with van der Waals surface area (Å²) in [6.07, 6.45) is 2.13. The number of allylic oxidation sites excluding steroid dienone is 1. The van der Waals surface area contributed by atoms with E-state index in [2.05, 4.69) is 0 Å². The van der Waals surface area contributed by atoms with E-state index in [1.165, 1.54) is 6.08 Å². The number of hydrogen-bond donors (Lipinski definition) is 2. The maximum absolute atomic E-state index is 10.4. The largest absolute Gasteiger partial charge is 0.481 e. The summed E-state index contributed by atoms with van der Waals surface area (Å²) in [5, 5.41) is 16.2. The summed E-state index contributed by atoms with van der Waals surface area (Å²) in [6, 6.07) is 0. The predicted molar refractivity (Wildman–Crippen MR) is 38.7 cm³/mol. The van der Waals surface area contributed by atoms with Crippen LogP contribution in [0.25, 0.3) is 0 Å². The van der Waals surface area contributed by atoms with Gasteiger partial charge in [-0.05, 0) is 12.5 Å². The minimum Gasteiger partial charge on any atom is -0.481 e. The van der Waals surface area contributed by atoms with Crippen LogP contribution in [-0.2, 0) is 14.4 Å². The van der Waals surface area contributed by atoms with Crippen molar-refractivity contribution in [1.29, 1.82) is 0 Å². The molecule has 2 N–H and O–H groups in total. The fourth-order valence-electron chi connectivity index (χ4n) is 0.468. The molecule has 5 heteroatoms. The van der Waals surface area contributed by atoms with Crippen LogP contribution in [0.5, 0.6) is 0 Å². The van der Waals surface area contributed by atoms with Crippen LogP contribution in [0.15, 0.2) is 12.2 Å². The molecular weight excluding hydrogens is 164 g/mol. The second kappa shape index (κ2) is 5.06. The van der Waals surface area contributed by atoms with E-state index < -0.39 is 17.7 Å². The lowest BCUT2D eigenvalue weighted by molar-refractivity contribution is -0.146. The molecule has 0 spiro atoms. The summed E-state index contributed by atoms with van der Waals surface area (Å²) in [7, 11) is 0. The minimum atomic E-state index is -1.54. The van der Waals surface area contributed by atoms with Gasteiger partial charge in [0.05, 0.1) is 0 Å². The zero-order chi connectivity index (χ0) is 9.56. The van der Waals surface area contributed by atoms with Crippen molar-refractivity contribution in [3.63, 3.8) is 0 Å². The SMILES string of the molecule is O=C(O)CCC=CC(=O)C(=O)O. The van der Waals surface area contributed by atoms with Gasteiger partial charge in [-0.3, -0.25) is 9.59 Å². The standard InChI is InChI=1S/C7H8O5/c8-5(7(11)12)3-1-2-4-6(9)10/h1,3H,2,4H2,(H,9,10)(H,11,12). The van der Waals surface area contributed by atoms with Gasteiger partial charge in [0.15, 0.2) is 0 Å². The van der Waals surface area contributed by atoms with Crippen molar-refractivity contribution in [2.45, 2.75) is 12.8 Å². The lowest BCUT2D eigenvalue weighted by atomic mass is 10.2. The molecule has 0 amide bonds. The van der Waals surface area contributed by atoms with Crippen LogP contribution in [0.1, 0.15) is 12.8 Å². The van der Waals surface area contributed by atoms with Crippen molar-refractivity contribution in [2.75, 3.05) is 0 Å². The third kappa shape index (κ3) is 5.16. The van der Waals surface area contributed by atoms with Gasteiger partial charge in [-0.1, -0.05) is 6.08 Å². The number of carbonyl (C=O) groups excluding carboxylic acids is 1. The minimum absolute atomic E-state index is 0.108. The average molecular weight is 172 g/mol. The van der Waals surface area contributed by atoms with Gasteiger partial charge in [0.25, 0.3) is 5.78 Å². The quantitative estimate of drug-likeness (QED) is 0.452. The molecule has 0 heterocycles. The number of carboxylic acid groups (broad SMARTS) is 2. The fraction of sp³-hybridized carbons (Fsp3) is 0.286. The van der Waals surface area contributed by atoms with E-state index in [1.807, 2.05) is 0 Å². The molecule has 0 aliphatic heterocycles. The van der Waals surface area contributed by atoms with Crippen molar-refractivity contribution >= 4 is 17.7 Å². The van der Waals surface area contributed by atoms with Gasteiger partial charge in [-0.2, -0.15) is 0 Å². The lowest BCUT2D eigenvalue weighted by Crippen LogP contribution is -2.08. The molecule has 0 atom stereocenters. The maximum atomic E-state index is 10.4. The van der Waals surface area contributed by atoms with Gasteiger partial charge in [-0.15, -0.1) is 0 Å². The summed E-state index contributed by atoms with van der Waals surface area (Å²) in [5.41, 5.74) is 0. The van der Waals surface area contributed by atoms with Crippen LogP contribution in [0.2, 0.25) is 0 Å². The highest BCUT2D eigenvalue weighted by Crippen LogP contribution is 1.90. The molecule has 5 nitrogen and oxygen atoms in total. The van der Waals surface area contributed by atoms with Crippen molar-refractivity contribution in [2.24, 2.45) is 0 Å². The molecule has 0 radical (unpaired) electrons. The molecule has 0 aliphatic rings. The summed E-state index contributed by atoms with van der Waals surface area (Å²) in [5.74, 6) is -3.57. The summed E-state index contributed by atoms with van der Waals surface area (Å²) < 4.78 is 0. The zero-order valence-electron chi connectivity index (χ0n) is 6.19. The molecule has 0 aromatic heterocycles. The Morgan fingerprint density at radius 1 is 1.17 bits per heavy atom. The zero-order valence-corrected chi connectivity index (χ0v) is 6.19. The Morgan fingerprint density at radius 3 is 2.17 bits per heavy atom. The second-order valence-electron chi connectivity index (χ2n) is 2.00. The highest BCUT2D eigenvalue weighted by molar-refractivity contribution is 6.37. The summed E-state index contributed by atoms with van der Waals surface area (Å²) in [6.45, 7) is 0. The summed E-state index contributed by atoms with van der Waals surface area (Å²) >= 11 is 0. The Morgan fingerprint density at radius 2 is 1.75 bits per heavy atom. The number of carboxylic acids is 2. The smallest absolute Gasteiger partial charge is 0.376 e. The van der Waals surface area contributed by atoms with Gasteiger partial charge < -0.3 is 10.2 Å². The number of ketones is 1. The van der Waals surface area contributed by atoms with Gasteiger partial charge in [0.2, 0.25) is 0 Å². The third-order valence-corrected chi connectivity index (χ3v) is 1.00. The van der Waals surface area contributed by atoms with E-state index in [0.717, 1.165) is 6.08 Å². The van der Waals surface area contributed by atoms with E-state index in [0.29, 0.717) is 0 Å². The van der Waals surface area contributed by atoms with Gasteiger partial charge in [-0.25, -0.2) is 4.79 Å². The van der Waals surface area contributed by atoms with Crippen molar-refractivity contribution < 1.29 is 24.6 Å².